The van der Waals surface area contributed by atoms with Gasteiger partial charge < -0.3 is 25.9 Å². The molecule has 2 radical (unpaired) electrons. The normalized spacial score (nSPS) is 10.0. The summed E-state index contributed by atoms with van der Waals surface area (Å²) in [6.07, 6.45) is 2.44. The quantitative estimate of drug-likeness (QED) is 0.0739. The minimum atomic E-state index is -0.826. The number of nitrogens with one attached hydrogen (secondary N) is 2. The van der Waals surface area contributed by atoms with Gasteiger partial charge in [0.15, 0.2) is 5.75 Å². The van der Waals surface area contributed by atoms with E-state index < -0.39 is 40.8 Å². The number of benzene rings is 2. The number of fused-ring (bicyclic) bond motifs is 2. The van der Waals surface area contributed by atoms with E-state index in [9.17, 15) is 29.9 Å². The fourth-order valence-electron chi connectivity index (χ4n) is 2.36. The van der Waals surface area contributed by atoms with E-state index in [1.807, 2.05) is 0 Å². The van der Waals surface area contributed by atoms with Crippen molar-refractivity contribution in [3.8, 4) is 11.5 Å². The molecule has 12 nitrogen and oxygen atoms in total. The summed E-state index contributed by atoms with van der Waals surface area (Å²) in [5.74, 6) is -0.656. The first-order valence-corrected chi connectivity index (χ1v) is 15.2. The SMILES string of the molecule is Nc1cc2nc[nH]c(=O)c2cc1O.O=c1[nH]cnc2cc([N+](=O)[O-])c(O)cc12.[Cl][Sn][Cl]. The van der Waals surface area contributed by atoms with Crippen LogP contribution in [0.4, 0.5) is 11.4 Å². The average Bonchev–Trinajstić information content (AvgIpc) is 2.71. The summed E-state index contributed by atoms with van der Waals surface area (Å²) in [4.78, 5) is 44.5. The van der Waals surface area contributed by atoms with Gasteiger partial charge in [-0.15, -0.1) is 0 Å². The van der Waals surface area contributed by atoms with Crippen molar-refractivity contribution in [2.75, 3.05) is 5.73 Å². The summed E-state index contributed by atoms with van der Waals surface area (Å²) in [6, 6.07) is 4.84. The van der Waals surface area contributed by atoms with E-state index in [2.05, 4.69) is 19.9 Å². The number of halogens is 2. The van der Waals surface area contributed by atoms with Gasteiger partial charge in [-0.1, -0.05) is 0 Å². The molecule has 0 saturated carbocycles. The van der Waals surface area contributed by atoms with Crippen molar-refractivity contribution in [3.63, 3.8) is 0 Å². The van der Waals surface area contributed by atoms with Gasteiger partial charge in [0.25, 0.3) is 11.1 Å². The average molecular weight is 574 g/mol. The van der Waals surface area contributed by atoms with Crippen molar-refractivity contribution >= 4 is 69.9 Å². The Hall–Kier alpha value is -3.10. The second-order valence-electron chi connectivity index (χ2n) is 5.58. The number of H-pyrrole nitrogens is 2. The van der Waals surface area contributed by atoms with Crippen molar-refractivity contribution in [1.29, 1.82) is 0 Å². The molecule has 2 aromatic carbocycles. The van der Waals surface area contributed by atoms with Gasteiger partial charge in [0.1, 0.15) is 5.75 Å². The molecule has 4 rings (SSSR count). The molecule has 0 spiro atoms. The fraction of sp³-hybridized carbons (Fsp3) is 0. The van der Waals surface area contributed by atoms with Crippen LogP contribution in [-0.4, -0.2) is 54.0 Å². The third-order valence-electron chi connectivity index (χ3n) is 3.72. The number of hydrogen-bond donors (Lipinski definition) is 5. The van der Waals surface area contributed by atoms with Gasteiger partial charge in [0.2, 0.25) is 0 Å². The summed E-state index contributed by atoms with van der Waals surface area (Å²) in [5.41, 5.74) is 5.07. The molecule has 2 aromatic heterocycles. The predicted octanol–water partition coefficient (Wildman–Crippen LogP) is 1.75. The Balaban J connectivity index is 0.000000197. The number of anilines is 1. The van der Waals surface area contributed by atoms with Crippen LogP contribution < -0.4 is 16.9 Å². The Bertz CT molecular complexity index is 1360. The molecule has 0 bridgehead atoms. The molecule has 31 heavy (non-hydrogen) atoms. The second-order valence-corrected chi connectivity index (χ2v) is 9.82. The van der Waals surface area contributed by atoms with E-state index in [-0.39, 0.29) is 27.9 Å². The fourth-order valence-corrected chi connectivity index (χ4v) is 2.36. The Kier molecular flexibility index (Phi) is 8.41. The third kappa shape index (κ3) is 5.96. The molecule has 0 amide bonds. The predicted molar refractivity (Wildman–Crippen MR) is 117 cm³/mol. The van der Waals surface area contributed by atoms with Crippen LogP contribution in [0.3, 0.4) is 0 Å². The Morgan fingerprint density at radius 3 is 1.87 bits per heavy atom. The molecule has 0 aliphatic rings. The van der Waals surface area contributed by atoms with Gasteiger partial charge in [-0.2, -0.15) is 0 Å². The standard InChI is InChI=1S/C8H5N3O4.C8H7N3O2.2ClH.Sn/c12-7-1-4-5(2-6(7)11(14)15)9-3-10-8(4)13;9-5-2-6-4(1-7(5)12)8(13)11-3-10-6;;;/h1-3,12H,(H,9,10,13);1-3,12H,9H2,(H,10,11,13);2*1H;/q;;;;+2/p-2. The zero-order valence-corrected chi connectivity index (χ0v) is 19.5. The Labute approximate surface area is 189 Å². The molecule has 0 unspecified atom stereocenters. The van der Waals surface area contributed by atoms with Gasteiger partial charge >= 0.3 is 42.4 Å². The number of aromatic amines is 2. The van der Waals surface area contributed by atoms with Crippen LogP contribution in [-0.2, 0) is 0 Å². The van der Waals surface area contributed by atoms with Gasteiger partial charge in [-0.05, 0) is 12.1 Å². The first-order valence-electron chi connectivity index (χ1n) is 7.96. The van der Waals surface area contributed by atoms with Crippen molar-refractivity contribution in [3.05, 3.63) is 67.7 Å². The van der Waals surface area contributed by atoms with E-state index in [4.69, 9.17) is 23.6 Å². The molecule has 0 aliphatic carbocycles. The molecule has 160 valence electrons. The molecule has 4 aromatic rings. The molecular formula is C16H12Cl2N6O6Sn. The van der Waals surface area contributed by atoms with Crippen LogP contribution in [0, 0.1) is 10.1 Å². The van der Waals surface area contributed by atoms with Crippen LogP contribution in [0.2, 0.25) is 0 Å². The topological polar surface area (TPSA) is 201 Å². The summed E-state index contributed by atoms with van der Waals surface area (Å²) in [5, 5.41) is 29.4. The van der Waals surface area contributed by atoms with Gasteiger partial charge in [0, 0.05) is 12.1 Å². The first kappa shape index (κ1) is 24.2. The summed E-state index contributed by atoms with van der Waals surface area (Å²) < 4.78 is 0. The number of nitrogen functional groups attached to an aromatic ring is 1. The number of nitro benzene ring substituents is 1. The van der Waals surface area contributed by atoms with Crippen molar-refractivity contribution in [2.45, 2.75) is 0 Å². The zero-order valence-electron chi connectivity index (χ0n) is 15.2. The molecule has 0 saturated heterocycles. The number of phenols is 2. The van der Waals surface area contributed by atoms with Crippen LogP contribution in [0.1, 0.15) is 0 Å². The van der Waals surface area contributed by atoms with Crippen LogP contribution >= 0.6 is 17.8 Å². The van der Waals surface area contributed by atoms with E-state index in [0.717, 1.165) is 18.5 Å². The van der Waals surface area contributed by atoms with E-state index in [0.29, 0.717) is 10.9 Å². The van der Waals surface area contributed by atoms with E-state index >= 15 is 0 Å². The Morgan fingerprint density at radius 2 is 1.39 bits per heavy atom. The summed E-state index contributed by atoms with van der Waals surface area (Å²) in [6.45, 7) is 0. The minimum absolute atomic E-state index is 0.106. The van der Waals surface area contributed by atoms with Crippen LogP contribution in [0.5, 0.6) is 11.5 Å². The molecule has 0 fully saturated rings. The van der Waals surface area contributed by atoms with Crippen LogP contribution in [0.15, 0.2) is 46.5 Å². The third-order valence-corrected chi connectivity index (χ3v) is 3.72. The number of rotatable bonds is 1. The number of nitro groups is 1. The van der Waals surface area contributed by atoms with E-state index in [1.165, 1.54) is 18.5 Å². The maximum atomic E-state index is 11.2. The van der Waals surface area contributed by atoms with E-state index in [1.54, 1.807) is 0 Å². The maximum absolute atomic E-state index is 11.2. The second kappa shape index (κ2) is 10.8. The molecule has 0 aliphatic heterocycles. The van der Waals surface area contributed by atoms with Gasteiger partial charge in [0.05, 0.1) is 45.1 Å². The molecular weight excluding hydrogens is 562 g/mol. The van der Waals surface area contributed by atoms with Gasteiger partial charge in [-0.3, -0.25) is 19.7 Å². The zero-order chi connectivity index (χ0) is 23.1. The first-order chi connectivity index (χ1) is 14.7. The van der Waals surface area contributed by atoms with Crippen molar-refractivity contribution in [2.24, 2.45) is 0 Å². The molecule has 0 atom stereocenters. The summed E-state index contributed by atoms with van der Waals surface area (Å²) >= 11 is -0.826. The number of aromatic nitrogens is 4. The number of nitrogens with zero attached hydrogens (tertiary/aromatic N) is 3. The number of phenolic OH excluding ortho intramolecular Hbond substituents is 2. The molecule has 2 heterocycles. The van der Waals surface area contributed by atoms with Crippen molar-refractivity contribution < 1.29 is 15.1 Å². The van der Waals surface area contributed by atoms with Crippen molar-refractivity contribution in [1.82, 2.24) is 19.9 Å². The molecule has 15 heteroatoms. The Morgan fingerprint density at radius 1 is 0.935 bits per heavy atom. The number of aromatic hydroxyl groups is 2. The number of hydrogen-bond acceptors (Lipinski definition) is 9. The number of nitrogens with two attached hydrogens (primary N) is 1. The van der Waals surface area contributed by atoms with Crippen LogP contribution in [0.25, 0.3) is 21.8 Å². The molecule has 6 N–H and O–H groups in total. The van der Waals surface area contributed by atoms with Gasteiger partial charge in [-0.25, -0.2) is 9.97 Å². The summed E-state index contributed by atoms with van der Waals surface area (Å²) in [7, 11) is 9.87. The monoisotopic (exact) mass is 574 g/mol.